The maximum atomic E-state index is 7.68. The Hall–Kier alpha value is -1.21. The number of rotatable bonds is 3. The fraction of sp³-hybridized carbons (Fsp3) is 0.133. The Bertz CT molecular complexity index is 572. The molecule has 0 aromatic heterocycles. The van der Waals surface area contributed by atoms with Crippen LogP contribution in [0.25, 0.3) is 0 Å². The lowest BCUT2D eigenvalue weighted by Crippen LogP contribution is -2.06. The van der Waals surface area contributed by atoms with Gasteiger partial charge in [-0.05, 0) is 37.4 Å². The molecule has 0 atom stereocenters. The third kappa shape index (κ3) is 4.72. The zero-order chi connectivity index (χ0) is 13.7. The number of aryl methyl sites for hydroxylation is 1. The Morgan fingerprint density at radius 3 is 2.40 bits per heavy atom. The first-order valence-corrected chi connectivity index (χ1v) is 7.14. The Morgan fingerprint density at radius 2 is 1.75 bits per heavy atom. The Labute approximate surface area is 140 Å². The number of nitrogens with one attached hydrogen (secondary N) is 2. The molecule has 106 valence electrons. The van der Waals surface area contributed by atoms with Crippen molar-refractivity contribution in [3.05, 3.63) is 54.1 Å². The van der Waals surface area contributed by atoms with E-state index in [1.165, 1.54) is 17.3 Å². The number of para-hydroxylation sites is 2. The maximum Gasteiger partial charge on any atom is 0.158 e. The highest BCUT2D eigenvalue weighted by Crippen LogP contribution is 2.29. The summed E-state index contributed by atoms with van der Waals surface area (Å²) in [6, 6.07) is 15.5. The van der Waals surface area contributed by atoms with Gasteiger partial charge in [-0.2, -0.15) is 0 Å². The Morgan fingerprint density at radius 1 is 1.10 bits per heavy atom. The molecule has 3 nitrogen and oxygen atoms in total. The van der Waals surface area contributed by atoms with Crippen molar-refractivity contribution >= 4 is 46.6 Å². The molecule has 0 bridgehead atoms. The summed E-state index contributed by atoms with van der Waals surface area (Å²) in [5.74, 6) is 1.50. The van der Waals surface area contributed by atoms with Gasteiger partial charge in [0.15, 0.2) is 10.9 Å². The van der Waals surface area contributed by atoms with Gasteiger partial charge in [-0.25, -0.2) is 0 Å². The number of amidine groups is 1. The number of thioether (sulfide) groups is 1. The lowest BCUT2D eigenvalue weighted by atomic mass is 10.2. The first-order valence-electron chi connectivity index (χ1n) is 5.92. The van der Waals surface area contributed by atoms with Crippen LogP contribution < -0.4 is 10.1 Å². The summed E-state index contributed by atoms with van der Waals surface area (Å²) in [5, 5.41) is 11.1. The highest BCUT2D eigenvalue weighted by atomic mass is 127. The number of benzene rings is 2. The number of hydrogen-bond donors (Lipinski definition) is 2. The molecule has 0 aliphatic heterocycles. The van der Waals surface area contributed by atoms with Gasteiger partial charge in [0.1, 0.15) is 5.75 Å². The highest BCUT2D eigenvalue weighted by Gasteiger charge is 2.05. The molecule has 2 N–H and O–H groups in total. The second-order valence-electron chi connectivity index (χ2n) is 4.07. The van der Waals surface area contributed by atoms with E-state index < -0.39 is 0 Å². The molecule has 2 rings (SSSR count). The molecule has 0 fully saturated rings. The first kappa shape index (κ1) is 16.8. The minimum atomic E-state index is 0. The predicted molar refractivity (Wildman–Crippen MR) is 98.0 cm³/mol. The summed E-state index contributed by atoms with van der Waals surface area (Å²) in [5.41, 5.74) is 1.99. The zero-order valence-electron chi connectivity index (χ0n) is 11.3. The lowest BCUT2D eigenvalue weighted by Gasteiger charge is -2.12. The molecule has 5 heteroatoms. The van der Waals surface area contributed by atoms with Crippen molar-refractivity contribution in [3.63, 3.8) is 0 Å². The van der Waals surface area contributed by atoms with Crippen LogP contribution in [0, 0.1) is 12.3 Å². The fourth-order valence-corrected chi connectivity index (χ4v) is 1.78. The summed E-state index contributed by atoms with van der Waals surface area (Å²) in [7, 11) is 0. The van der Waals surface area contributed by atoms with Crippen LogP contribution >= 0.6 is 35.7 Å². The Balaban J connectivity index is 0.00000200. The van der Waals surface area contributed by atoms with Crippen molar-refractivity contribution in [2.75, 3.05) is 11.6 Å². The van der Waals surface area contributed by atoms with Crippen LogP contribution in [0.1, 0.15) is 5.56 Å². The number of ether oxygens (including phenoxy) is 1. The molecule has 2 aromatic rings. The van der Waals surface area contributed by atoms with Crippen molar-refractivity contribution in [2.45, 2.75) is 6.92 Å². The van der Waals surface area contributed by atoms with Crippen LogP contribution in [0.15, 0.2) is 48.5 Å². The summed E-state index contributed by atoms with van der Waals surface area (Å²) >= 11 is 1.35. The SMILES string of the molecule is CSC(=N)Nc1ccccc1Oc1ccc(C)cc1.I. The molecule has 0 saturated carbocycles. The van der Waals surface area contributed by atoms with E-state index in [4.69, 9.17) is 10.1 Å². The molecule has 0 amide bonds. The van der Waals surface area contributed by atoms with Crippen molar-refractivity contribution < 1.29 is 4.74 Å². The summed E-state index contributed by atoms with van der Waals surface area (Å²) in [4.78, 5) is 0. The molecule has 0 heterocycles. The van der Waals surface area contributed by atoms with Gasteiger partial charge >= 0.3 is 0 Å². The second kappa shape index (κ2) is 8.16. The van der Waals surface area contributed by atoms with Crippen LogP contribution in [0.5, 0.6) is 11.5 Å². The van der Waals surface area contributed by atoms with E-state index in [-0.39, 0.29) is 24.0 Å². The third-order valence-corrected chi connectivity index (χ3v) is 3.10. The summed E-state index contributed by atoms with van der Waals surface area (Å²) < 4.78 is 5.84. The van der Waals surface area contributed by atoms with Crippen molar-refractivity contribution in [3.8, 4) is 11.5 Å². The molecule has 0 radical (unpaired) electrons. The lowest BCUT2D eigenvalue weighted by molar-refractivity contribution is 0.485. The van der Waals surface area contributed by atoms with Crippen LogP contribution in [0.2, 0.25) is 0 Å². The summed E-state index contributed by atoms with van der Waals surface area (Å²) in [6.45, 7) is 2.04. The van der Waals surface area contributed by atoms with Crippen molar-refractivity contribution in [2.24, 2.45) is 0 Å². The minimum absolute atomic E-state index is 0. The molecular formula is C15H17IN2OS. The van der Waals surface area contributed by atoms with Crippen LogP contribution in [-0.2, 0) is 0 Å². The van der Waals surface area contributed by atoms with Gasteiger partial charge in [0.2, 0.25) is 0 Å². The van der Waals surface area contributed by atoms with Gasteiger partial charge < -0.3 is 10.1 Å². The van der Waals surface area contributed by atoms with Gasteiger partial charge in [0.05, 0.1) is 5.69 Å². The van der Waals surface area contributed by atoms with E-state index in [0.29, 0.717) is 10.9 Å². The van der Waals surface area contributed by atoms with Gasteiger partial charge in [0.25, 0.3) is 0 Å². The highest BCUT2D eigenvalue weighted by molar-refractivity contribution is 14.0. The van der Waals surface area contributed by atoms with E-state index in [2.05, 4.69) is 5.32 Å². The van der Waals surface area contributed by atoms with E-state index >= 15 is 0 Å². The minimum Gasteiger partial charge on any atom is -0.455 e. The monoisotopic (exact) mass is 400 g/mol. The molecule has 0 aliphatic carbocycles. The number of halogens is 1. The van der Waals surface area contributed by atoms with Crippen LogP contribution in [0.3, 0.4) is 0 Å². The summed E-state index contributed by atoms with van der Waals surface area (Å²) in [6.07, 6.45) is 1.86. The Kier molecular flexibility index (Phi) is 6.87. The molecule has 20 heavy (non-hydrogen) atoms. The topological polar surface area (TPSA) is 45.1 Å². The number of hydrogen-bond acceptors (Lipinski definition) is 3. The largest absolute Gasteiger partial charge is 0.455 e. The number of anilines is 1. The van der Waals surface area contributed by atoms with Crippen LogP contribution in [-0.4, -0.2) is 11.4 Å². The van der Waals surface area contributed by atoms with E-state index in [0.717, 1.165) is 11.4 Å². The first-order chi connectivity index (χ1) is 9.19. The molecule has 2 aromatic carbocycles. The second-order valence-corrected chi connectivity index (χ2v) is 4.89. The quantitative estimate of drug-likeness (QED) is 0.427. The zero-order valence-corrected chi connectivity index (χ0v) is 14.5. The smallest absolute Gasteiger partial charge is 0.158 e. The van der Waals surface area contributed by atoms with Gasteiger partial charge in [-0.3, -0.25) is 5.41 Å². The van der Waals surface area contributed by atoms with E-state index in [1.54, 1.807) is 0 Å². The van der Waals surface area contributed by atoms with Gasteiger partial charge in [0, 0.05) is 0 Å². The van der Waals surface area contributed by atoms with Crippen molar-refractivity contribution in [1.82, 2.24) is 0 Å². The van der Waals surface area contributed by atoms with E-state index in [9.17, 15) is 0 Å². The molecular weight excluding hydrogens is 383 g/mol. The standard InChI is InChI=1S/C15H16N2OS.HI/c1-11-7-9-12(10-8-11)18-14-6-4-3-5-13(14)17-15(16)19-2;/h3-10H,1-2H3,(H2,16,17);1H. The third-order valence-electron chi connectivity index (χ3n) is 2.59. The maximum absolute atomic E-state index is 7.68. The molecule has 0 unspecified atom stereocenters. The fourth-order valence-electron chi connectivity index (χ4n) is 1.57. The molecule has 0 spiro atoms. The van der Waals surface area contributed by atoms with Gasteiger partial charge in [-0.1, -0.05) is 41.6 Å². The van der Waals surface area contributed by atoms with Crippen molar-refractivity contribution in [1.29, 1.82) is 5.41 Å². The average molecular weight is 400 g/mol. The average Bonchev–Trinajstić information content (AvgIpc) is 2.43. The van der Waals surface area contributed by atoms with Crippen LogP contribution in [0.4, 0.5) is 5.69 Å². The molecule has 0 aliphatic rings. The normalized spacial score (nSPS) is 9.50. The van der Waals surface area contributed by atoms with Gasteiger partial charge in [-0.15, -0.1) is 24.0 Å². The van der Waals surface area contributed by atoms with E-state index in [1.807, 2.05) is 61.7 Å². The predicted octanol–water partition coefficient (Wildman–Crippen LogP) is 5.11. The molecule has 0 saturated heterocycles.